The third-order valence-electron chi connectivity index (χ3n) is 2.31. The van der Waals surface area contributed by atoms with Gasteiger partial charge < -0.3 is 5.73 Å². The van der Waals surface area contributed by atoms with Gasteiger partial charge in [0.15, 0.2) is 0 Å². The van der Waals surface area contributed by atoms with E-state index in [1.165, 1.54) is 6.07 Å². The maximum atomic E-state index is 11.3. The van der Waals surface area contributed by atoms with E-state index >= 15 is 0 Å². The zero-order valence-corrected chi connectivity index (χ0v) is 10.5. The van der Waals surface area contributed by atoms with Gasteiger partial charge in [-0.15, -0.1) is 6.42 Å². The Morgan fingerprint density at radius 1 is 1.44 bits per heavy atom. The van der Waals surface area contributed by atoms with Gasteiger partial charge in [0, 0.05) is 21.2 Å². The van der Waals surface area contributed by atoms with Crippen LogP contribution in [-0.2, 0) is 5.41 Å². The van der Waals surface area contributed by atoms with E-state index in [0.29, 0.717) is 15.6 Å². The van der Waals surface area contributed by atoms with Crippen LogP contribution in [0.2, 0.25) is 10.0 Å². The van der Waals surface area contributed by atoms with Crippen LogP contribution in [0, 0.1) is 12.3 Å². The number of carbonyl (C=O) groups is 1. The molecule has 2 nitrogen and oxygen atoms in total. The minimum atomic E-state index is -0.675. The molecule has 0 saturated heterocycles. The van der Waals surface area contributed by atoms with Gasteiger partial charge in [-0.3, -0.25) is 4.79 Å². The molecule has 0 aromatic heterocycles. The molecule has 2 N–H and O–H groups in total. The molecule has 0 fully saturated rings. The molecule has 0 aliphatic carbocycles. The highest BCUT2D eigenvalue weighted by Crippen LogP contribution is 2.34. The number of amides is 1. The predicted octanol–water partition coefficient (Wildman–Crippen LogP) is 3.00. The molecule has 4 heteroatoms. The van der Waals surface area contributed by atoms with Crippen LogP contribution in [-0.4, -0.2) is 5.91 Å². The molecule has 1 rings (SSSR count). The number of terminal acetylenes is 1. The van der Waals surface area contributed by atoms with E-state index in [1.54, 1.807) is 19.9 Å². The Hall–Kier alpha value is -1.17. The highest BCUT2D eigenvalue weighted by Gasteiger charge is 2.26. The number of rotatable bonds is 2. The Morgan fingerprint density at radius 2 is 2.00 bits per heavy atom. The fourth-order valence-electron chi connectivity index (χ4n) is 1.48. The molecule has 0 heterocycles. The second-order valence-corrected chi connectivity index (χ2v) is 4.79. The van der Waals surface area contributed by atoms with Gasteiger partial charge in [0.25, 0.3) is 0 Å². The zero-order chi connectivity index (χ0) is 12.5. The molecule has 0 aliphatic heterocycles. The number of halogens is 2. The number of hydrogen-bond donors (Lipinski definition) is 1. The number of primary amides is 1. The summed E-state index contributed by atoms with van der Waals surface area (Å²) in [5.41, 5.74) is 5.40. The topological polar surface area (TPSA) is 43.1 Å². The van der Waals surface area contributed by atoms with Crippen molar-refractivity contribution < 1.29 is 4.79 Å². The fraction of sp³-hybridized carbons (Fsp3) is 0.250. The van der Waals surface area contributed by atoms with Gasteiger partial charge >= 0.3 is 0 Å². The SMILES string of the molecule is C#CC(C)(C)c1c(Cl)cc(Cl)cc1C(N)=O. The number of carbonyl (C=O) groups excluding carboxylic acids is 1. The van der Waals surface area contributed by atoms with Crippen molar-refractivity contribution in [3.8, 4) is 12.3 Å². The summed E-state index contributed by atoms with van der Waals surface area (Å²) >= 11 is 11.9. The lowest BCUT2D eigenvalue weighted by molar-refractivity contribution is 0.0998. The third kappa shape index (κ3) is 2.32. The van der Waals surface area contributed by atoms with Gasteiger partial charge in [0.2, 0.25) is 5.91 Å². The molecule has 1 aromatic carbocycles. The van der Waals surface area contributed by atoms with Crippen molar-refractivity contribution >= 4 is 29.1 Å². The smallest absolute Gasteiger partial charge is 0.249 e. The quantitative estimate of drug-likeness (QED) is 0.812. The van der Waals surface area contributed by atoms with E-state index < -0.39 is 11.3 Å². The molecular formula is C12H11Cl2NO. The van der Waals surface area contributed by atoms with Crippen molar-refractivity contribution in [3.05, 3.63) is 33.3 Å². The number of hydrogen-bond acceptors (Lipinski definition) is 1. The van der Waals surface area contributed by atoms with E-state index in [1.807, 2.05) is 0 Å². The maximum absolute atomic E-state index is 11.3. The molecule has 1 amide bonds. The van der Waals surface area contributed by atoms with Gasteiger partial charge in [0.05, 0.1) is 5.41 Å². The molecule has 0 unspecified atom stereocenters. The largest absolute Gasteiger partial charge is 0.366 e. The van der Waals surface area contributed by atoms with Crippen molar-refractivity contribution in [1.29, 1.82) is 0 Å². The van der Waals surface area contributed by atoms with Gasteiger partial charge in [-0.1, -0.05) is 29.1 Å². The molecule has 16 heavy (non-hydrogen) atoms. The first-order valence-corrected chi connectivity index (χ1v) is 5.32. The average Bonchev–Trinajstić information content (AvgIpc) is 2.15. The van der Waals surface area contributed by atoms with Crippen LogP contribution in [0.5, 0.6) is 0 Å². The standard InChI is InChI=1S/C12H11Cl2NO/c1-4-12(2,3)10-8(11(15)16)5-7(13)6-9(10)14/h1,5-6H,2-3H3,(H2,15,16). The van der Waals surface area contributed by atoms with E-state index in [4.69, 9.17) is 35.4 Å². The summed E-state index contributed by atoms with van der Waals surface area (Å²) < 4.78 is 0. The van der Waals surface area contributed by atoms with E-state index in [0.717, 1.165) is 0 Å². The maximum Gasteiger partial charge on any atom is 0.249 e. The predicted molar refractivity (Wildman–Crippen MR) is 66.8 cm³/mol. The van der Waals surface area contributed by atoms with Gasteiger partial charge in [0.1, 0.15) is 0 Å². The monoisotopic (exact) mass is 255 g/mol. The lowest BCUT2D eigenvalue weighted by Gasteiger charge is -2.22. The summed E-state index contributed by atoms with van der Waals surface area (Å²) in [4.78, 5) is 11.3. The van der Waals surface area contributed by atoms with Crippen LogP contribution in [0.15, 0.2) is 12.1 Å². The zero-order valence-electron chi connectivity index (χ0n) is 8.97. The van der Waals surface area contributed by atoms with Crippen LogP contribution in [0.25, 0.3) is 0 Å². The second kappa shape index (κ2) is 4.37. The minimum Gasteiger partial charge on any atom is -0.366 e. The summed E-state index contributed by atoms with van der Waals surface area (Å²) in [6.45, 7) is 3.57. The fourth-order valence-corrected chi connectivity index (χ4v) is 2.20. The Kier molecular flexibility index (Phi) is 3.52. The Morgan fingerprint density at radius 3 is 2.44 bits per heavy atom. The number of nitrogens with two attached hydrogens (primary N) is 1. The van der Waals surface area contributed by atoms with E-state index in [9.17, 15) is 4.79 Å². The third-order valence-corrected chi connectivity index (χ3v) is 2.82. The van der Waals surface area contributed by atoms with Gasteiger partial charge in [-0.2, -0.15) is 0 Å². The first-order chi connectivity index (χ1) is 7.29. The van der Waals surface area contributed by atoms with Gasteiger partial charge in [-0.05, 0) is 26.0 Å². The van der Waals surface area contributed by atoms with Crippen molar-refractivity contribution in [3.63, 3.8) is 0 Å². The molecule has 0 atom stereocenters. The van der Waals surface area contributed by atoms with Crippen LogP contribution < -0.4 is 5.73 Å². The molecule has 0 bridgehead atoms. The van der Waals surface area contributed by atoms with E-state index in [2.05, 4.69) is 5.92 Å². The lowest BCUT2D eigenvalue weighted by Crippen LogP contribution is -2.23. The summed E-state index contributed by atoms with van der Waals surface area (Å²) in [6, 6.07) is 3.02. The molecule has 0 radical (unpaired) electrons. The molecule has 84 valence electrons. The normalized spacial score (nSPS) is 10.9. The summed E-state index contributed by atoms with van der Waals surface area (Å²) in [7, 11) is 0. The van der Waals surface area contributed by atoms with Crippen LogP contribution in [0.1, 0.15) is 29.8 Å². The summed E-state index contributed by atoms with van der Waals surface area (Å²) in [6.07, 6.45) is 5.42. The summed E-state index contributed by atoms with van der Waals surface area (Å²) in [5, 5.41) is 0.708. The number of benzene rings is 1. The van der Waals surface area contributed by atoms with Crippen LogP contribution in [0.3, 0.4) is 0 Å². The van der Waals surface area contributed by atoms with Crippen molar-refractivity contribution in [2.75, 3.05) is 0 Å². The van der Waals surface area contributed by atoms with E-state index in [-0.39, 0.29) is 5.56 Å². The first-order valence-electron chi connectivity index (χ1n) is 4.56. The van der Waals surface area contributed by atoms with Crippen LogP contribution >= 0.6 is 23.2 Å². The summed E-state index contributed by atoms with van der Waals surface area (Å²) in [5.74, 6) is 1.98. The molecule has 1 aromatic rings. The van der Waals surface area contributed by atoms with Crippen LogP contribution in [0.4, 0.5) is 0 Å². The van der Waals surface area contributed by atoms with Crippen molar-refractivity contribution in [2.24, 2.45) is 5.73 Å². The Balaban J connectivity index is 3.62. The van der Waals surface area contributed by atoms with Gasteiger partial charge in [-0.25, -0.2) is 0 Å². The second-order valence-electron chi connectivity index (χ2n) is 3.94. The Labute approximate surface area is 105 Å². The lowest BCUT2D eigenvalue weighted by atomic mass is 9.82. The highest BCUT2D eigenvalue weighted by molar-refractivity contribution is 6.36. The molecule has 0 saturated carbocycles. The van der Waals surface area contributed by atoms with Crippen molar-refractivity contribution in [1.82, 2.24) is 0 Å². The highest BCUT2D eigenvalue weighted by atomic mass is 35.5. The average molecular weight is 256 g/mol. The minimum absolute atomic E-state index is 0.264. The Bertz CT molecular complexity index is 487. The van der Waals surface area contributed by atoms with Crippen molar-refractivity contribution in [2.45, 2.75) is 19.3 Å². The molecular weight excluding hydrogens is 245 g/mol. The molecule has 0 aliphatic rings. The first kappa shape index (κ1) is 12.9. The molecule has 0 spiro atoms.